The van der Waals surface area contributed by atoms with Crippen molar-refractivity contribution in [1.82, 2.24) is 9.80 Å². The van der Waals surface area contributed by atoms with E-state index in [0.29, 0.717) is 6.54 Å². The Morgan fingerprint density at radius 1 is 1.37 bits per heavy atom. The summed E-state index contributed by atoms with van der Waals surface area (Å²) < 4.78 is 13.1. The lowest BCUT2D eigenvalue weighted by molar-refractivity contribution is 0.0483. The first-order chi connectivity index (χ1) is 8.99. The number of carboxylic acid groups (broad SMARTS) is 1. The fraction of sp³-hybridized carbons (Fsp3) is 0.385. The lowest BCUT2D eigenvalue weighted by Crippen LogP contribution is -2.55. The van der Waals surface area contributed by atoms with Crippen molar-refractivity contribution in [2.75, 3.05) is 19.6 Å². The molecule has 0 spiro atoms. The van der Waals surface area contributed by atoms with Gasteiger partial charge in [-0.05, 0) is 25.1 Å². The number of halogens is 1. The highest BCUT2D eigenvalue weighted by Gasteiger charge is 2.30. The number of carbonyl (C=O) groups is 2. The summed E-state index contributed by atoms with van der Waals surface area (Å²) in [4.78, 5) is 26.0. The van der Waals surface area contributed by atoms with Gasteiger partial charge in [-0.1, -0.05) is 6.07 Å². The summed E-state index contributed by atoms with van der Waals surface area (Å²) in [7, 11) is 0. The van der Waals surface area contributed by atoms with E-state index in [1.165, 1.54) is 23.1 Å². The van der Waals surface area contributed by atoms with Crippen molar-refractivity contribution in [2.24, 2.45) is 0 Å². The fourth-order valence-corrected chi connectivity index (χ4v) is 2.22. The van der Waals surface area contributed by atoms with Crippen LogP contribution in [0.25, 0.3) is 0 Å². The van der Waals surface area contributed by atoms with Crippen molar-refractivity contribution in [3.05, 3.63) is 35.6 Å². The number of nitrogens with zero attached hydrogens (tertiary/aromatic N) is 2. The van der Waals surface area contributed by atoms with Crippen molar-refractivity contribution in [1.29, 1.82) is 0 Å². The minimum absolute atomic E-state index is 0.222. The van der Waals surface area contributed by atoms with Crippen LogP contribution in [-0.4, -0.2) is 52.6 Å². The minimum Gasteiger partial charge on any atom is -0.465 e. The normalized spacial score (nSPS) is 19.4. The Labute approximate surface area is 110 Å². The summed E-state index contributed by atoms with van der Waals surface area (Å²) in [6, 6.07) is 5.30. The highest BCUT2D eigenvalue weighted by atomic mass is 19.1. The van der Waals surface area contributed by atoms with E-state index in [2.05, 4.69) is 0 Å². The molecule has 1 aromatic rings. The summed E-state index contributed by atoms with van der Waals surface area (Å²) in [5.41, 5.74) is 0.288. The van der Waals surface area contributed by atoms with Gasteiger partial charge in [0.1, 0.15) is 5.82 Å². The molecule has 1 atom stereocenters. The lowest BCUT2D eigenvalue weighted by atomic mass is 10.1. The van der Waals surface area contributed by atoms with Crippen molar-refractivity contribution in [2.45, 2.75) is 13.0 Å². The van der Waals surface area contributed by atoms with Crippen LogP contribution in [0.5, 0.6) is 0 Å². The summed E-state index contributed by atoms with van der Waals surface area (Å²) in [6.07, 6.45) is -0.982. The number of hydrogen-bond donors (Lipinski definition) is 1. The average molecular weight is 266 g/mol. The molecule has 6 heteroatoms. The van der Waals surface area contributed by atoms with Gasteiger partial charge in [-0.3, -0.25) is 4.79 Å². The van der Waals surface area contributed by atoms with Crippen molar-refractivity contribution < 1.29 is 19.1 Å². The van der Waals surface area contributed by atoms with Gasteiger partial charge in [-0.2, -0.15) is 0 Å². The van der Waals surface area contributed by atoms with Crippen LogP contribution in [-0.2, 0) is 0 Å². The maximum Gasteiger partial charge on any atom is 0.407 e. The molecule has 102 valence electrons. The van der Waals surface area contributed by atoms with E-state index < -0.39 is 11.9 Å². The van der Waals surface area contributed by atoms with E-state index in [-0.39, 0.29) is 30.6 Å². The summed E-state index contributed by atoms with van der Waals surface area (Å²) in [6.45, 7) is 2.66. The Morgan fingerprint density at radius 2 is 2.11 bits per heavy atom. The zero-order valence-electron chi connectivity index (χ0n) is 10.5. The van der Waals surface area contributed by atoms with E-state index in [4.69, 9.17) is 5.11 Å². The third-order valence-electron chi connectivity index (χ3n) is 3.23. The van der Waals surface area contributed by atoms with Crippen LogP contribution in [0.3, 0.4) is 0 Å². The Morgan fingerprint density at radius 3 is 2.68 bits per heavy atom. The molecule has 5 nitrogen and oxygen atoms in total. The molecule has 1 aliphatic heterocycles. The second-order valence-electron chi connectivity index (χ2n) is 4.59. The molecule has 2 amide bonds. The van der Waals surface area contributed by atoms with Gasteiger partial charge in [0.15, 0.2) is 0 Å². The lowest BCUT2D eigenvalue weighted by Gasteiger charge is -2.38. The quantitative estimate of drug-likeness (QED) is 0.840. The van der Waals surface area contributed by atoms with Crippen molar-refractivity contribution >= 4 is 12.0 Å². The van der Waals surface area contributed by atoms with Gasteiger partial charge >= 0.3 is 6.09 Å². The first kappa shape index (κ1) is 13.3. The minimum atomic E-state index is -0.982. The maximum atomic E-state index is 13.1. The van der Waals surface area contributed by atoms with E-state index in [9.17, 15) is 14.0 Å². The molecule has 2 rings (SSSR count). The topological polar surface area (TPSA) is 60.9 Å². The molecular formula is C13H15FN2O3. The molecule has 0 saturated carbocycles. The third kappa shape index (κ3) is 2.83. The number of hydrogen-bond acceptors (Lipinski definition) is 2. The number of rotatable bonds is 1. The van der Waals surface area contributed by atoms with Crippen LogP contribution in [0, 0.1) is 5.82 Å². The monoisotopic (exact) mass is 266 g/mol. The second kappa shape index (κ2) is 5.26. The molecule has 0 unspecified atom stereocenters. The molecule has 1 fully saturated rings. The standard InChI is InChI=1S/C13H15FN2O3/c1-9-8-15(13(18)19)5-6-16(9)12(17)10-3-2-4-11(14)7-10/h2-4,7,9H,5-6,8H2,1H3,(H,18,19)/t9-/m0/s1. The van der Waals surface area contributed by atoms with Gasteiger partial charge in [-0.25, -0.2) is 9.18 Å². The van der Waals surface area contributed by atoms with Gasteiger partial charge in [0.05, 0.1) is 0 Å². The van der Waals surface area contributed by atoms with Gasteiger partial charge in [-0.15, -0.1) is 0 Å². The molecule has 0 radical (unpaired) electrons. The number of benzene rings is 1. The first-order valence-corrected chi connectivity index (χ1v) is 6.03. The van der Waals surface area contributed by atoms with E-state index in [0.717, 1.165) is 0 Å². The van der Waals surface area contributed by atoms with E-state index in [1.54, 1.807) is 17.9 Å². The molecule has 1 aliphatic rings. The largest absolute Gasteiger partial charge is 0.465 e. The molecule has 19 heavy (non-hydrogen) atoms. The van der Waals surface area contributed by atoms with Gasteiger partial charge in [0, 0.05) is 31.2 Å². The van der Waals surface area contributed by atoms with E-state index in [1.807, 2.05) is 0 Å². The maximum absolute atomic E-state index is 13.1. The number of amides is 2. The zero-order valence-corrected chi connectivity index (χ0v) is 10.5. The predicted octanol–water partition coefficient (Wildman–Crippen LogP) is 1.65. The second-order valence-corrected chi connectivity index (χ2v) is 4.59. The molecule has 1 saturated heterocycles. The first-order valence-electron chi connectivity index (χ1n) is 6.03. The van der Waals surface area contributed by atoms with Gasteiger partial charge < -0.3 is 14.9 Å². The van der Waals surface area contributed by atoms with E-state index >= 15 is 0 Å². The van der Waals surface area contributed by atoms with Crippen molar-refractivity contribution in [3.63, 3.8) is 0 Å². The molecule has 1 N–H and O–H groups in total. The smallest absolute Gasteiger partial charge is 0.407 e. The number of piperazine rings is 1. The van der Waals surface area contributed by atoms with Crippen LogP contribution < -0.4 is 0 Å². The van der Waals surface area contributed by atoms with Crippen LogP contribution >= 0.6 is 0 Å². The van der Waals surface area contributed by atoms with Crippen LogP contribution in [0.15, 0.2) is 24.3 Å². The molecule has 0 aliphatic carbocycles. The predicted molar refractivity (Wildman–Crippen MR) is 66.5 cm³/mol. The summed E-state index contributed by atoms with van der Waals surface area (Å²) in [5, 5.41) is 8.91. The van der Waals surface area contributed by atoms with Gasteiger partial charge in [0.25, 0.3) is 5.91 Å². The molecule has 1 aromatic carbocycles. The summed E-state index contributed by atoms with van der Waals surface area (Å²) in [5.74, 6) is -0.722. The number of carbonyl (C=O) groups excluding carboxylic acids is 1. The Kier molecular flexibility index (Phi) is 3.69. The van der Waals surface area contributed by atoms with Gasteiger partial charge in [0.2, 0.25) is 0 Å². The summed E-state index contributed by atoms with van der Waals surface area (Å²) >= 11 is 0. The average Bonchev–Trinajstić information content (AvgIpc) is 2.37. The molecule has 0 bridgehead atoms. The SMILES string of the molecule is C[C@H]1CN(C(=O)O)CCN1C(=O)c1cccc(F)c1. The zero-order chi connectivity index (χ0) is 14.0. The van der Waals surface area contributed by atoms with Crippen LogP contribution in [0.1, 0.15) is 17.3 Å². The van der Waals surface area contributed by atoms with Crippen LogP contribution in [0.2, 0.25) is 0 Å². The molecular weight excluding hydrogens is 251 g/mol. The van der Waals surface area contributed by atoms with Crippen LogP contribution in [0.4, 0.5) is 9.18 Å². The Bertz CT molecular complexity index is 506. The fourth-order valence-electron chi connectivity index (χ4n) is 2.22. The highest BCUT2D eigenvalue weighted by molar-refractivity contribution is 5.94. The highest BCUT2D eigenvalue weighted by Crippen LogP contribution is 2.14. The molecule has 1 heterocycles. The molecule has 0 aromatic heterocycles. The third-order valence-corrected chi connectivity index (χ3v) is 3.23. The van der Waals surface area contributed by atoms with Crippen molar-refractivity contribution in [3.8, 4) is 0 Å². The Hall–Kier alpha value is -2.11. The Balaban J connectivity index is 2.11.